The summed E-state index contributed by atoms with van der Waals surface area (Å²) >= 11 is 0. The van der Waals surface area contributed by atoms with Gasteiger partial charge in [-0.25, -0.2) is 19.7 Å². The fourth-order valence-corrected chi connectivity index (χ4v) is 3.97. The molecule has 204 valence electrons. The molecule has 1 amide bonds. The molecule has 1 aliphatic rings. The predicted molar refractivity (Wildman–Crippen MR) is 136 cm³/mol. The Bertz CT molecular complexity index is 1520. The van der Waals surface area contributed by atoms with Crippen LogP contribution < -0.4 is 15.8 Å². The fourth-order valence-electron chi connectivity index (χ4n) is 3.97. The number of carbonyl (C=O) groups is 2. The summed E-state index contributed by atoms with van der Waals surface area (Å²) in [4.78, 5) is 37.8. The molecule has 0 saturated heterocycles. The van der Waals surface area contributed by atoms with Crippen molar-refractivity contribution in [3.05, 3.63) is 65.6 Å². The number of fused-ring (bicyclic) bond motifs is 2. The van der Waals surface area contributed by atoms with Gasteiger partial charge in [0.25, 0.3) is 5.91 Å². The van der Waals surface area contributed by atoms with Gasteiger partial charge in [0.2, 0.25) is 5.95 Å². The highest BCUT2D eigenvalue weighted by molar-refractivity contribution is 5.94. The van der Waals surface area contributed by atoms with Gasteiger partial charge in [-0.2, -0.15) is 13.2 Å². The third-order valence-corrected chi connectivity index (χ3v) is 5.75. The molecule has 39 heavy (non-hydrogen) atoms. The Morgan fingerprint density at radius 3 is 2.56 bits per heavy atom. The largest absolute Gasteiger partial charge is 0.493 e. The van der Waals surface area contributed by atoms with E-state index in [1.807, 2.05) is 50.2 Å². The number of aromatic amines is 1. The van der Waals surface area contributed by atoms with E-state index in [0.29, 0.717) is 12.2 Å². The number of nitrogens with zero attached hydrogens (tertiary/aromatic N) is 3. The van der Waals surface area contributed by atoms with Gasteiger partial charge in [0.1, 0.15) is 11.6 Å². The number of aromatic nitrogens is 4. The summed E-state index contributed by atoms with van der Waals surface area (Å²) in [5.74, 6) is -0.841. The molecule has 1 atom stereocenters. The van der Waals surface area contributed by atoms with Crippen molar-refractivity contribution in [2.24, 2.45) is 0 Å². The number of imidazole rings is 1. The number of carboxylic acid groups (broad SMARTS) is 1. The maximum absolute atomic E-state index is 12.4. The van der Waals surface area contributed by atoms with Gasteiger partial charge >= 0.3 is 12.1 Å². The maximum atomic E-state index is 12.4. The molecular formula is C26H25F3N6O4. The highest BCUT2D eigenvalue weighted by Gasteiger charge is 2.38. The number of anilines is 1. The van der Waals surface area contributed by atoms with E-state index < -0.39 is 12.1 Å². The smallest absolute Gasteiger partial charge is 0.490 e. The van der Waals surface area contributed by atoms with Crippen molar-refractivity contribution in [3.63, 3.8) is 0 Å². The molecule has 10 nitrogen and oxygen atoms in total. The van der Waals surface area contributed by atoms with E-state index in [9.17, 15) is 18.0 Å². The lowest BCUT2D eigenvalue weighted by Gasteiger charge is -2.24. The van der Waals surface area contributed by atoms with Gasteiger partial charge in [0.05, 0.1) is 29.3 Å². The zero-order valence-electron chi connectivity index (χ0n) is 20.9. The molecule has 2 aromatic carbocycles. The molecule has 3 heterocycles. The summed E-state index contributed by atoms with van der Waals surface area (Å²) in [6.07, 6.45) is -2.69. The molecule has 5 N–H and O–H groups in total. The summed E-state index contributed by atoms with van der Waals surface area (Å²) in [6, 6.07) is 13.5. The lowest BCUT2D eigenvalue weighted by atomic mass is 9.94. The van der Waals surface area contributed by atoms with Gasteiger partial charge in [0, 0.05) is 23.4 Å². The van der Waals surface area contributed by atoms with Gasteiger partial charge in [-0.05, 0) is 62.2 Å². The van der Waals surface area contributed by atoms with E-state index in [1.165, 1.54) is 0 Å². The SMILES string of the molecule is CC(C)NC(=O)c1ccc2c(c1)CC(c1nc3ccc(-c4ccnc(N)n4)cc3[nH]1)CO2.O=C(O)C(F)(F)F. The van der Waals surface area contributed by atoms with Crippen molar-refractivity contribution in [2.45, 2.75) is 38.4 Å². The van der Waals surface area contributed by atoms with Crippen LogP contribution in [0.1, 0.15) is 41.5 Å². The lowest BCUT2D eigenvalue weighted by Crippen LogP contribution is -2.30. The molecule has 0 bridgehead atoms. The van der Waals surface area contributed by atoms with Gasteiger partial charge in [-0.3, -0.25) is 4.79 Å². The van der Waals surface area contributed by atoms with Gasteiger partial charge in [0.15, 0.2) is 0 Å². The standard InChI is InChI=1S/C24H24N6O2.C2HF3O2/c1-13(2)27-23(31)15-4-6-21-16(9-15)10-17(12-32-21)22-28-19-5-3-14(11-20(19)29-22)18-7-8-26-24(25)30-18;3-2(4,5)1(6)7/h3-9,11,13,17H,10,12H2,1-2H3,(H,27,31)(H,28,29)(H2,25,26,30);(H,6,7). The number of H-pyrrole nitrogens is 1. The molecule has 0 fully saturated rings. The Morgan fingerprint density at radius 2 is 1.90 bits per heavy atom. The van der Waals surface area contributed by atoms with Crippen LogP contribution in [0.3, 0.4) is 0 Å². The maximum Gasteiger partial charge on any atom is 0.490 e. The molecule has 1 aliphatic heterocycles. The van der Waals surface area contributed by atoms with E-state index in [2.05, 4.69) is 20.3 Å². The number of carbonyl (C=O) groups excluding carboxylic acids is 1. The van der Waals surface area contributed by atoms with Gasteiger partial charge < -0.3 is 25.9 Å². The molecular weight excluding hydrogens is 517 g/mol. The summed E-state index contributed by atoms with van der Waals surface area (Å²) in [5, 5.41) is 10.1. The Balaban J connectivity index is 0.000000448. The molecule has 0 saturated carbocycles. The van der Waals surface area contributed by atoms with Crippen LogP contribution in [-0.2, 0) is 11.2 Å². The van der Waals surface area contributed by atoms with Crippen LogP contribution in [0.15, 0.2) is 48.7 Å². The second kappa shape index (κ2) is 11.0. The van der Waals surface area contributed by atoms with Gasteiger partial charge in [-0.15, -0.1) is 0 Å². The number of hydrogen-bond donors (Lipinski definition) is 4. The predicted octanol–water partition coefficient (Wildman–Crippen LogP) is 4.09. The van der Waals surface area contributed by atoms with Crippen LogP contribution in [0.5, 0.6) is 5.75 Å². The molecule has 1 unspecified atom stereocenters. The number of carboxylic acids is 1. The van der Waals surface area contributed by atoms with E-state index in [-0.39, 0.29) is 23.8 Å². The lowest BCUT2D eigenvalue weighted by molar-refractivity contribution is -0.192. The fraction of sp³-hybridized carbons (Fsp3) is 0.269. The summed E-state index contributed by atoms with van der Waals surface area (Å²) in [6.45, 7) is 4.42. The summed E-state index contributed by atoms with van der Waals surface area (Å²) in [7, 11) is 0. The molecule has 0 aliphatic carbocycles. The van der Waals surface area contributed by atoms with Crippen LogP contribution in [0.4, 0.5) is 19.1 Å². The van der Waals surface area contributed by atoms with Crippen molar-refractivity contribution in [3.8, 4) is 17.0 Å². The minimum absolute atomic E-state index is 0.0662. The monoisotopic (exact) mass is 542 g/mol. The number of halogens is 3. The second-order valence-electron chi connectivity index (χ2n) is 9.12. The summed E-state index contributed by atoms with van der Waals surface area (Å²) < 4.78 is 37.7. The average molecular weight is 543 g/mol. The Hall–Kier alpha value is -4.68. The number of nitrogens with one attached hydrogen (secondary N) is 2. The highest BCUT2D eigenvalue weighted by Crippen LogP contribution is 2.33. The zero-order chi connectivity index (χ0) is 28.3. The minimum Gasteiger partial charge on any atom is -0.493 e. The Labute approximate surface area is 220 Å². The molecule has 4 aromatic rings. The number of nitrogens with two attached hydrogens (primary N) is 1. The average Bonchev–Trinajstić information content (AvgIpc) is 3.31. The number of hydrogen-bond acceptors (Lipinski definition) is 7. The molecule has 0 radical (unpaired) electrons. The van der Waals surface area contributed by atoms with Gasteiger partial charge in [-0.1, -0.05) is 6.07 Å². The topological polar surface area (TPSA) is 156 Å². The first-order chi connectivity index (χ1) is 18.4. The van der Waals surface area contributed by atoms with Crippen molar-refractivity contribution < 1.29 is 32.6 Å². The molecule has 2 aromatic heterocycles. The quantitative estimate of drug-likeness (QED) is 0.300. The third kappa shape index (κ3) is 6.61. The first-order valence-electron chi connectivity index (χ1n) is 11.9. The number of alkyl halides is 3. The molecule has 5 rings (SSSR count). The van der Waals surface area contributed by atoms with Crippen LogP contribution in [-0.4, -0.2) is 55.7 Å². The number of aliphatic carboxylic acids is 1. The highest BCUT2D eigenvalue weighted by atomic mass is 19.4. The second-order valence-corrected chi connectivity index (χ2v) is 9.12. The number of amides is 1. The third-order valence-electron chi connectivity index (χ3n) is 5.75. The Kier molecular flexibility index (Phi) is 7.70. The van der Waals surface area contributed by atoms with Crippen molar-refractivity contribution in [1.29, 1.82) is 0 Å². The molecule has 0 spiro atoms. The van der Waals surface area contributed by atoms with Crippen LogP contribution in [0, 0.1) is 0 Å². The van der Waals surface area contributed by atoms with Crippen LogP contribution in [0.2, 0.25) is 0 Å². The van der Waals surface area contributed by atoms with E-state index in [1.54, 1.807) is 12.3 Å². The molecule has 13 heteroatoms. The number of benzene rings is 2. The van der Waals surface area contributed by atoms with Crippen molar-refractivity contribution in [2.75, 3.05) is 12.3 Å². The van der Waals surface area contributed by atoms with E-state index in [0.717, 1.165) is 45.8 Å². The van der Waals surface area contributed by atoms with Crippen LogP contribution >= 0.6 is 0 Å². The van der Waals surface area contributed by atoms with Crippen LogP contribution in [0.25, 0.3) is 22.3 Å². The normalized spacial score (nSPS) is 14.7. The minimum atomic E-state index is -5.08. The number of nitrogen functional groups attached to an aromatic ring is 1. The van der Waals surface area contributed by atoms with Crippen molar-refractivity contribution in [1.82, 2.24) is 25.3 Å². The van der Waals surface area contributed by atoms with Crippen molar-refractivity contribution >= 4 is 28.9 Å². The number of rotatable bonds is 4. The van der Waals surface area contributed by atoms with E-state index in [4.69, 9.17) is 25.4 Å². The summed E-state index contributed by atoms with van der Waals surface area (Å²) in [5.41, 5.74) is 10.9. The first-order valence-corrected chi connectivity index (χ1v) is 11.9. The van der Waals surface area contributed by atoms with E-state index >= 15 is 0 Å². The first kappa shape index (κ1) is 27.4. The zero-order valence-corrected chi connectivity index (χ0v) is 20.9. The number of ether oxygens (including phenoxy) is 1. The Morgan fingerprint density at radius 1 is 1.15 bits per heavy atom.